The van der Waals surface area contributed by atoms with Crippen LogP contribution in [-0.2, 0) is 6.54 Å². The average molecular weight is 480 g/mol. The maximum atomic E-state index is 14.6. The van der Waals surface area contributed by atoms with Crippen LogP contribution in [0, 0.1) is 11.6 Å². The molecule has 0 unspecified atom stereocenters. The number of rotatable bonds is 7. The summed E-state index contributed by atoms with van der Waals surface area (Å²) >= 11 is 6.37. The third-order valence-electron chi connectivity index (χ3n) is 5.72. The van der Waals surface area contributed by atoms with Gasteiger partial charge in [0.1, 0.15) is 17.5 Å². The standard InChI is InChI=1S/C27H24ClF2N3O/c1-3-32(4-2)17-18-9-12-23(30)19(15-18)10-14-26-31-24-13-11-20(29)16-21(24)27(34)33(26)25-8-6-5-7-22(25)28/h5-16H,3-4,17H2,1-2H3. The van der Waals surface area contributed by atoms with Crippen molar-refractivity contribution in [2.75, 3.05) is 13.1 Å². The van der Waals surface area contributed by atoms with Gasteiger partial charge in [-0.15, -0.1) is 0 Å². The van der Waals surface area contributed by atoms with Crippen LogP contribution in [0.5, 0.6) is 0 Å². The molecule has 0 saturated carbocycles. The van der Waals surface area contributed by atoms with Crippen LogP contribution in [0.1, 0.15) is 30.8 Å². The number of fused-ring (bicyclic) bond motifs is 1. The van der Waals surface area contributed by atoms with Crippen LogP contribution in [0.4, 0.5) is 8.78 Å². The smallest absolute Gasteiger partial charge is 0.266 e. The van der Waals surface area contributed by atoms with Crippen molar-refractivity contribution in [3.05, 3.63) is 105 Å². The molecule has 0 aliphatic carbocycles. The summed E-state index contributed by atoms with van der Waals surface area (Å²) in [6.45, 7) is 6.66. The van der Waals surface area contributed by atoms with Crippen molar-refractivity contribution in [2.24, 2.45) is 0 Å². The van der Waals surface area contributed by atoms with Gasteiger partial charge in [-0.25, -0.2) is 13.8 Å². The molecule has 0 spiro atoms. The molecule has 174 valence electrons. The minimum absolute atomic E-state index is 0.129. The van der Waals surface area contributed by atoms with Crippen LogP contribution in [0.2, 0.25) is 5.02 Å². The fraction of sp³-hybridized carbons (Fsp3) is 0.185. The Bertz CT molecular complexity index is 1430. The molecule has 0 aliphatic rings. The van der Waals surface area contributed by atoms with Gasteiger partial charge in [-0.1, -0.05) is 43.6 Å². The minimum atomic E-state index is -0.535. The molecule has 0 aliphatic heterocycles. The molecular formula is C27H24ClF2N3O. The largest absolute Gasteiger partial charge is 0.300 e. The Kier molecular flexibility index (Phi) is 7.20. The fourth-order valence-corrected chi connectivity index (χ4v) is 4.06. The molecule has 0 amide bonds. The normalized spacial score (nSPS) is 11.7. The number of benzene rings is 3. The van der Waals surface area contributed by atoms with Gasteiger partial charge in [0.25, 0.3) is 5.56 Å². The van der Waals surface area contributed by atoms with E-state index in [4.69, 9.17) is 11.6 Å². The highest BCUT2D eigenvalue weighted by atomic mass is 35.5. The summed E-state index contributed by atoms with van der Waals surface area (Å²) < 4.78 is 29.8. The van der Waals surface area contributed by atoms with Gasteiger partial charge in [0, 0.05) is 12.1 Å². The van der Waals surface area contributed by atoms with Crippen LogP contribution in [0.25, 0.3) is 28.7 Å². The van der Waals surface area contributed by atoms with Crippen molar-refractivity contribution in [3.8, 4) is 5.69 Å². The summed E-state index contributed by atoms with van der Waals surface area (Å²) in [4.78, 5) is 20.2. The number of para-hydroxylation sites is 1. The monoisotopic (exact) mass is 479 g/mol. The molecule has 1 heterocycles. The summed E-state index contributed by atoms with van der Waals surface area (Å²) in [7, 11) is 0. The second-order valence-corrected chi connectivity index (χ2v) is 8.28. The first-order chi connectivity index (χ1) is 16.4. The molecule has 34 heavy (non-hydrogen) atoms. The molecule has 1 aromatic heterocycles. The summed E-state index contributed by atoms with van der Waals surface area (Å²) in [6.07, 6.45) is 3.17. The van der Waals surface area contributed by atoms with E-state index in [2.05, 4.69) is 23.7 Å². The fourth-order valence-electron chi connectivity index (χ4n) is 3.84. The molecule has 7 heteroatoms. The molecular weight excluding hydrogens is 456 g/mol. The number of aromatic nitrogens is 2. The number of halogens is 3. The number of hydrogen-bond acceptors (Lipinski definition) is 3. The molecule has 0 fully saturated rings. The van der Waals surface area contributed by atoms with Gasteiger partial charge in [0.15, 0.2) is 0 Å². The van der Waals surface area contributed by atoms with E-state index in [1.54, 1.807) is 48.6 Å². The van der Waals surface area contributed by atoms with Gasteiger partial charge >= 0.3 is 0 Å². The van der Waals surface area contributed by atoms with Crippen molar-refractivity contribution in [1.82, 2.24) is 14.5 Å². The van der Waals surface area contributed by atoms with E-state index >= 15 is 0 Å². The molecule has 0 atom stereocenters. The molecule has 0 radical (unpaired) electrons. The van der Waals surface area contributed by atoms with Gasteiger partial charge in [0.2, 0.25) is 0 Å². The molecule has 0 saturated heterocycles. The second-order valence-electron chi connectivity index (χ2n) is 7.87. The van der Waals surface area contributed by atoms with E-state index in [-0.39, 0.29) is 17.0 Å². The predicted molar refractivity (Wildman–Crippen MR) is 134 cm³/mol. The zero-order valence-electron chi connectivity index (χ0n) is 18.9. The molecule has 3 aromatic carbocycles. The third kappa shape index (κ3) is 4.93. The van der Waals surface area contributed by atoms with E-state index in [9.17, 15) is 13.6 Å². The Morgan fingerprint density at radius 1 is 1.00 bits per heavy atom. The number of hydrogen-bond donors (Lipinski definition) is 0. The van der Waals surface area contributed by atoms with Crippen molar-refractivity contribution in [3.63, 3.8) is 0 Å². The zero-order valence-corrected chi connectivity index (χ0v) is 19.7. The van der Waals surface area contributed by atoms with Gasteiger partial charge in [-0.2, -0.15) is 0 Å². The molecule has 4 nitrogen and oxygen atoms in total. The quantitative estimate of drug-likeness (QED) is 0.311. The summed E-state index contributed by atoms with van der Waals surface area (Å²) in [6, 6.07) is 15.7. The third-order valence-corrected chi connectivity index (χ3v) is 6.04. The lowest BCUT2D eigenvalue weighted by atomic mass is 10.1. The Balaban J connectivity index is 1.85. The van der Waals surface area contributed by atoms with E-state index in [1.807, 2.05) is 0 Å². The summed E-state index contributed by atoms with van der Waals surface area (Å²) in [5.74, 6) is -0.660. The van der Waals surface area contributed by atoms with E-state index in [0.29, 0.717) is 28.3 Å². The van der Waals surface area contributed by atoms with Crippen LogP contribution in [0.3, 0.4) is 0 Å². The summed E-state index contributed by atoms with van der Waals surface area (Å²) in [5, 5.41) is 0.466. The van der Waals surface area contributed by atoms with Crippen LogP contribution < -0.4 is 5.56 Å². The molecule has 0 bridgehead atoms. The van der Waals surface area contributed by atoms with Gasteiger partial charge in [0.05, 0.1) is 21.6 Å². The highest BCUT2D eigenvalue weighted by molar-refractivity contribution is 6.32. The van der Waals surface area contributed by atoms with Crippen LogP contribution in [-0.4, -0.2) is 27.5 Å². The summed E-state index contributed by atoms with van der Waals surface area (Å²) in [5.41, 5.74) is 1.64. The maximum absolute atomic E-state index is 14.6. The number of nitrogens with zero attached hydrogens (tertiary/aromatic N) is 3. The topological polar surface area (TPSA) is 38.1 Å². The zero-order chi connectivity index (χ0) is 24.2. The van der Waals surface area contributed by atoms with E-state index < -0.39 is 11.4 Å². The van der Waals surface area contributed by atoms with Crippen molar-refractivity contribution in [1.29, 1.82) is 0 Å². The average Bonchev–Trinajstić information content (AvgIpc) is 2.84. The highest BCUT2D eigenvalue weighted by Crippen LogP contribution is 2.23. The minimum Gasteiger partial charge on any atom is -0.300 e. The SMILES string of the molecule is CCN(CC)Cc1ccc(F)c(C=Cc2nc3ccc(F)cc3c(=O)n2-c2ccccc2Cl)c1. The Labute approximate surface area is 201 Å². The lowest BCUT2D eigenvalue weighted by Gasteiger charge is -2.18. The molecule has 4 rings (SSSR count). The van der Waals surface area contributed by atoms with E-state index in [0.717, 1.165) is 24.7 Å². The molecule has 4 aromatic rings. The van der Waals surface area contributed by atoms with E-state index in [1.165, 1.54) is 22.8 Å². The van der Waals surface area contributed by atoms with Crippen molar-refractivity contribution >= 4 is 34.7 Å². The van der Waals surface area contributed by atoms with Crippen LogP contribution >= 0.6 is 11.6 Å². The van der Waals surface area contributed by atoms with Gasteiger partial charge in [-0.05, 0) is 73.3 Å². The molecule has 0 N–H and O–H groups in total. The lowest BCUT2D eigenvalue weighted by molar-refractivity contribution is 0.296. The first kappa shape index (κ1) is 23.8. The lowest BCUT2D eigenvalue weighted by Crippen LogP contribution is -2.22. The second kappa shape index (κ2) is 10.3. The first-order valence-corrected chi connectivity index (χ1v) is 11.4. The first-order valence-electron chi connectivity index (χ1n) is 11.1. The van der Waals surface area contributed by atoms with Gasteiger partial charge < -0.3 is 0 Å². The van der Waals surface area contributed by atoms with Gasteiger partial charge in [-0.3, -0.25) is 14.3 Å². The highest BCUT2D eigenvalue weighted by Gasteiger charge is 2.14. The maximum Gasteiger partial charge on any atom is 0.266 e. The Morgan fingerprint density at radius 3 is 2.50 bits per heavy atom. The van der Waals surface area contributed by atoms with Crippen molar-refractivity contribution < 1.29 is 8.78 Å². The van der Waals surface area contributed by atoms with Crippen molar-refractivity contribution in [2.45, 2.75) is 20.4 Å². The predicted octanol–water partition coefficient (Wildman–Crippen LogP) is 6.33. The Hall–Kier alpha value is -3.35. The Morgan fingerprint density at radius 2 is 1.76 bits per heavy atom. The van der Waals surface area contributed by atoms with Crippen LogP contribution in [0.15, 0.2) is 65.5 Å².